The Kier molecular flexibility index (Phi) is 5.24. The van der Waals surface area contributed by atoms with Crippen molar-refractivity contribution < 1.29 is 9.13 Å². The highest BCUT2D eigenvalue weighted by Gasteiger charge is 2.08. The van der Waals surface area contributed by atoms with E-state index in [1.165, 1.54) is 12.1 Å². The highest BCUT2D eigenvalue weighted by molar-refractivity contribution is 6.42. The average molecular weight is 314 g/mol. The Morgan fingerprint density at radius 1 is 1.10 bits per heavy atom. The molecule has 0 aliphatic carbocycles. The predicted octanol–water partition coefficient (Wildman–Crippen LogP) is 5.03. The second-order valence-electron chi connectivity index (χ2n) is 4.21. The summed E-state index contributed by atoms with van der Waals surface area (Å²) in [7, 11) is 0. The second-order valence-corrected chi connectivity index (χ2v) is 5.02. The molecule has 2 aromatic rings. The summed E-state index contributed by atoms with van der Waals surface area (Å²) in [4.78, 5) is 0. The monoisotopic (exact) mass is 313 g/mol. The maximum Gasteiger partial charge on any atom is 0.132 e. The average Bonchev–Trinajstić information content (AvgIpc) is 2.43. The van der Waals surface area contributed by atoms with E-state index in [1.807, 2.05) is 6.92 Å². The van der Waals surface area contributed by atoms with Gasteiger partial charge in [0.2, 0.25) is 0 Å². The standard InChI is InChI=1S/C15H14Cl2FNO/c1-2-19-9-10-7-11(18)3-6-15(10)20-12-4-5-13(16)14(17)8-12/h3-8,19H,2,9H2,1H3. The van der Waals surface area contributed by atoms with Crippen molar-refractivity contribution in [2.75, 3.05) is 6.54 Å². The lowest BCUT2D eigenvalue weighted by Crippen LogP contribution is -2.12. The molecule has 0 spiro atoms. The van der Waals surface area contributed by atoms with Crippen molar-refractivity contribution in [1.82, 2.24) is 5.32 Å². The van der Waals surface area contributed by atoms with E-state index in [-0.39, 0.29) is 5.82 Å². The zero-order chi connectivity index (χ0) is 14.5. The highest BCUT2D eigenvalue weighted by atomic mass is 35.5. The summed E-state index contributed by atoms with van der Waals surface area (Å²) in [5.74, 6) is 0.855. The number of ether oxygens (including phenoxy) is 1. The van der Waals surface area contributed by atoms with Crippen LogP contribution in [0.15, 0.2) is 36.4 Å². The first-order chi connectivity index (χ1) is 9.60. The van der Waals surface area contributed by atoms with Gasteiger partial charge in [-0.3, -0.25) is 0 Å². The minimum atomic E-state index is -0.292. The zero-order valence-corrected chi connectivity index (χ0v) is 12.4. The number of nitrogens with one attached hydrogen (secondary N) is 1. The van der Waals surface area contributed by atoms with Gasteiger partial charge in [-0.25, -0.2) is 4.39 Å². The Bertz CT molecular complexity index is 604. The van der Waals surface area contributed by atoms with Gasteiger partial charge in [0, 0.05) is 18.2 Å². The van der Waals surface area contributed by atoms with Crippen LogP contribution in [0.5, 0.6) is 11.5 Å². The van der Waals surface area contributed by atoms with Crippen LogP contribution in [-0.2, 0) is 6.54 Å². The Labute approximate surface area is 127 Å². The molecule has 0 bridgehead atoms. The Hall–Kier alpha value is -1.29. The van der Waals surface area contributed by atoms with Gasteiger partial charge < -0.3 is 10.1 Å². The molecule has 0 fully saturated rings. The fourth-order valence-corrected chi connectivity index (χ4v) is 2.00. The van der Waals surface area contributed by atoms with Crippen molar-refractivity contribution in [3.05, 3.63) is 57.8 Å². The van der Waals surface area contributed by atoms with Crippen molar-refractivity contribution in [2.45, 2.75) is 13.5 Å². The maximum absolute atomic E-state index is 13.3. The van der Waals surface area contributed by atoms with Crippen LogP contribution in [0.25, 0.3) is 0 Å². The van der Waals surface area contributed by atoms with Gasteiger partial charge in [-0.1, -0.05) is 30.1 Å². The molecule has 0 unspecified atom stereocenters. The molecular weight excluding hydrogens is 300 g/mol. The van der Waals surface area contributed by atoms with E-state index in [1.54, 1.807) is 24.3 Å². The smallest absolute Gasteiger partial charge is 0.132 e. The largest absolute Gasteiger partial charge is 0.457 e. The van der Waals surface area contributed by atoms with Crippen molar-refractivity contribution in [3.63, 3.8) is 0 Å². The number of hydrogen-bond acceptors (Lipinski definition) is 2. The van der Waals surface area contributed by atoms with Gasteiger partial charge in [-0.15, -0.1) is 0 Å². The van der Waals surface area contributed by atoms with Gasteiger partial charge in [0.15, 0.2) is 0 Å². The lowest BCUT2D eigenvalue weighted by atomic mass is 10.2. The van der Waals surface area contributed by atoms with Crippen LogP contribution in [0, 0.1) is 5.82 Å². The third-order valence-electron chi connectivity index (χ3n) is 2.71. The summed E-state index contributed by atoms with van der Waals surface area (Å²) in [5.41, 5.74) is 0.748. The molecule has 5 heteroatoms. The van der Waals surface area contributed by atoms with E-state index in [0.29, 0.717) is 28.1 Å². The van der Waals surface area contributed by atoms with Crippen molar-refractivity contribution in [2.24, 2.45) is 0 Å². The molecule has 2 aromatic carbocycles. The lowest BCUT2D eigenvalue weighted by Gasteiger charge is -2.12. The second kappa shape index (κ2) is 6.93. The third kappa shape index (κ3) is 3.85. The molecule has 1 N–H and O–H groups in total. The molecule has 0 radical (unpaired) electrons. The first kappa shape index (κ1) is 15.1. The normalized spacial score (nSPS) is 10.6. The predicted molar refractivity (Wildman–Crippen MR) is 80.3 cm³/mol. The lowest BCUT2D eigenvalue weighted by molar-refractivity contribution is 0.470. The minimum Gasteiger partial charge on any atom is -0.457 e. The summed E-state index contributed by atoms with van der Waals surface area (Å²) in [6.45, 7) is 3.31. The molecule has 2 rings (SSSR count). The van der Waals surface area contributed by atoms with Crippen LogP contribution >= 0.6 is 23.2 Å². The van der Waals surface area contributed by atoms with Gasteiger partial charge in [-0.2, -0.15) is 0 Å². The van der Waals surface area contributed by atoms with E-state index in [2.05, 4.69) is 5.32 Å². The van der Waals surface area contributed by atoms with Crippen LogP contribution < -0.4 is 10.1 Å². The van der Waals surface area contributed by atoms with E-state index in [4.69, 9.17) is 27.9 Å². The molecule has 0 aliphatic rings. The van der Waals surface area contributed by atoms with Crippen molar-refractivity contribution >= 4 is 23.2 Å². The number of benzene rings is 2. The van der Waals surface area contributed by atoms with Gasteiger partial charge in [0.25, 0.3) is 0 Å². The van der Waals surface area contributed by atoms with Crippen LogP contribution in [0.1, 0.15) is 12.5 Å². The summed E-state index contributed by atoms with van der Waals surface area (Å²) in [6, 6.07) is 9.42. The molecule has 0 aliphatic heterocycles. The Morgan fingerprint density at radius 3 is 2.60 bits per heavy atom. The van der Waals surface area contributed by atoms with Gasteiger partial charge in [-0.05, 0) is 36.9 Å². The van der Waals surface area contributed by atoms with Crippen LogP contribution in [0.4, 0.5) is 4.39 Å². The molecule has 0 heterocycles. The Balaban J connectivity index is 2.25. The SMILES string of the molecule is CCNCc1cc(F)ccc1Oc1ccc(Cl)c(Cl)c1. The van der Waals surface area contributed by atoms with E-state index in [9.17, 15) is 4.39 Å². The third-order valence-corrected chi connectivity index (χ3v) is 3.45. The molecule has 20 heavy (non-hydrogen) atoms. The highest BCUT2D eigenvalue weighted by Crippen LogP contribution is 2.31. The topological polar surface area (TPSA) is 21.3 Å². The number of halogens is 3. The van der Waals surface area contributed by atoms with Crippen LogP contribution in [0.2, 0.25) is 10.0 Å². The van der Waals surface area contributed by atoms with Crippen molar-refractivity contribution in [1.29, 1.82) is 0 Å². The summed E-state index contributed by atoms with van der Waals surface area (Å²) >= 11 is 11.8. The van der Waals surface area contributed by atoms with E-state index in [0.717, 1.165) is 12.1 Å². The summed E-state index contributed by atoms with van der Waals surface area (Å²) in [5, 5.41) is 4.02. The molecular formula is C15H14Cl2FNO. The van der Waals surface area contributed by atoms with Gasteiger partial charge >= 0.3 is 0 Å². The summed E-state index contributed by atoms with van der Waals surface area (Å²) < 4.78 is 19.1. The maximum atomic E-state index is 13.3. The number of hydrogen-bond donors (Lipinski definition) is 1. The van der Waals surface area contributed by atoms with Crippen LogP contribution in [0.3, 0.4) is 0 Å². The molecule has 0 aromatic heterocycles. The van der Waals surface area contributed by atoms with E-state index < -0.39 is 0 Å². The first-order valence-electron chi connectivity index (χ1n) is 6.22. The summed E-state index contributed by atoms with van der Waals surface area (Å²) in [6.07, 6.45) is 0. The van der Waals surface area contributed by atoms with Gasteiger partial charge in [0.1, 0.15) is 17.3 Å². The quantitative estimate of drug-likeness (QED) is 0.835. The van der Waals surface area contributed by atoms with Gasteiger partial charge in [0.05, 0.1) is 10.0 Å². The minimum absolute atomic E-state index is 0.292. The molecule has 0 amide bonds. The fourth-order valence-electron chi connectivity index (χ4n) is 1.71. The fraction of sp³-hybridized carbons (Fsp3) is 0.200. The van der Waals surface area contributed by atoms with E-state index >= 15 is 0 Å². The van der Waals surface area contributed by atoms with Crippen molar-refractivity contribution in [3.8, 4) is 11.5 Å². The molecule has 106 valence electrons. The number of rotatable bonds is 5. The zero-order valence-electron chi connectivity index (χ0n) is 10.9. The molecule has 0 atom stereocenters. The molecule has 0 saturated carbocycles. The van der Waals surface area contributed by atoms with Crippen LogP contribution in [-0.4, -0.2) is 6.54 Å². The first-order valence-corrected chi connectivity index (χ1v) is 6.97. The molecule has 0 saturated heterocycles. The Morgan fingerprint density at radius 2 is 1.90 bits per heavy atom. The molecule has 2 nitrogen and oxygen atoms in total.